The third-order valence-corrected chi connectivity index (χ3v) is 1.64. The summed E-state index contributed by atoms with van der Waals surface area (Å²) >= 11 is 0. The summed E-state index contributed by atoms with van der Waals surface area (Å²) in [4.78, 5) is 10.5. The molecule has 0 radical (unpaired) electrons. The smallest absolute Gasteiger partial charge is 0.338 e. The Hall–Kier alpha value is -2.09. The van der Waals surface area contributed by atoms with Gasteiger partial charge in [0.15, 0.2) is 0 Å². The molecular formula is C9H6FNO3. The van der Waals surface area contributed by atoms with E-state index < -0.39 is 17.3 Å². The summed E-state index contributed by atoms with van der Waals surface area (Å²) in [6.07, 6.45) is 0. The van der Waals surface area contributed by atoms with Gasteiger partial charge in [-0.25, -0.2) is 9.18 Å². The van der Waals surface area contributed by atoms with Gasteiger partial charge in [-0.3, -0.25) is 0 Å². The topological polar surface area (TPSA) is 70.3 Å². The van der Waals surface area contributed by atoms with Crippen molar-refractivity contribution in [3.63, 3.8) is 0 Å². The van der Waals surface area contributed by atoms with Crippen molar-refractivity contribution in [3.05, 3.63) is 29.1 Å². The van der Waals surface area contributed by atoms with Crippen LogP contribution < -0.4 is 4.74 Å². The first-order valence-corrected chi connectivity index (χ1v) is 3.61. The highest BCUT2D eigenvalue weighted by atomic mass is 19.1. The summed E-state index contributed by atoms with van der Waals surface area (Å²) < 4.78 is 17.7. The van der Waals surface area contributed by atoms with Crippen molar-refractivity contribution in [2.45, 2.75) is 0 Å². The number of carboxylic acids is 1. The number of carboxylic acid groups (broad SMARTS) is 1. The van der Waals surface area contributed by atoms with E-state index in [4.69, 9.17) is 15.1 Å². The molecule has 0 atom stereocenters. The number of aromatic carboxylic acids is 1. The van der Waals surface area contributed by atoms with Gasteiger partial charge in [0.2, 0.25) is 0 Å². The number of hydrogen-bond donors (Lipinski definition) is 1. The van der Waals surface area contributed by atoms with Crippen molar-refractivity contribution < 1.29 is 19.0 Å². The minimum atomic E-state index is -1.40. The number of ether oxygens (including phenoxy) is 1. The van der Waals surface area contributed by atoms with Crippen LogP contribution in [0.1, 0.15) is 15.9 Å². The standard InChI is InChI=1S/C9H6FNO3/c1-14-8-3-6(9(12)13)7(10)2-5(8)4-11/h2-3H,1H3,(H,12,13). The van der Waals surface area contributed by atoms with Crippen LogP contribution in [0, 0.1) is 17.1 Å². The largest absolute Gasteiger partial charge is 0.495 e. The molecule has 0 saturated carbocycles. The molecule has 0 spiro atoms. The van der Waals surface area contributed by atoms with E-state index in [9.17, 15) is 9.18 Å². The lowest BCUT2D eigenvalue weighted by atomic mass is 10.1. The first kappa shape index (κ1) is 9.99. The highest BCUT2D eigenvalue weighted by molar-refractivity contribution is 5.88. The number of methoxy groups -OCH3 is 1. The quantitative estimate of drug-likeness (QED) is 0.774. The Labute approximate surface area is 79.2 Å². The van der Waals surface area contributed by atoms with Crippen LogP contribution in [0.4, 0.5) is 4.39 Å². The van der Waals surface area contributed by atoms with E-state index in [2.05, 4.69) is 0 Å². The summed E-state index contributed by atoms with van der Waals surface area (Å²) in [6, 6.07) is 3.51. The van der Waals surface area contributed by atoms with Gasteiger partial charge in [0.1, 0.15) is 17.6 Å². The van der Waals surface area contributed by atoms with Gasteiger partial charge in [0, 0.05) is 0 Å². The molecule has 1 N–H and O–H groups in total. The fourth-order valence-electron chi connectivity index (χ4n) is 0.974. The van der Waals surface area contributed by atoms with Crippen molar-refractivity contribution in [2.75, 3.05) is 7.11 Å². The molecule has 0 fully saturated rings. The zero-order valence-electron chi connectivity index (χ0n) is 7.24. The Morgan fingerprint density at radius 1 is 1.64 bits per heavy atom. The second-order valence-corrected chi connectivity index (χ2v) is 2.45. The predicted octanol–water partition coefficient (Wildman–Crippen LogP) is 1.40. The van der Waals surface area contributed by atoms with E-state index in [0.717, 1.165) is 12.1 Å². The second-order valence-electron chi connectivity index (χ2n) is 2.45. The number of carbonyl (C=O) groups is 1. The SMILES string of the molecule is COc1cc(C(=O)O)c(F)cc1C#N. The van der Waals surface area contributed by atoms with E-state index in [0.29, 0.717) is 0 Å². The number of nitriles is 1. The van der Waals surface area contributed by atoms with Crippen LogP contribution in [0.3, 0.4) is 0 Å². The van der Waals surface area contributed by atoms with Crippen LogP contribution in [-0.4, -0.2) is 18.2 Å². The van der Waals surface area contributed by atoms with E-state index in [1.54, 1.807) is 6.07 Å². The molecule has 0 unspecified atom stereocenters. The van der Waals surface area contributed by atoms with Crippen LogP contribution in [0.5, 0.6) is 5.75 Å². The van der Waals surface area contributed by atoms with Crippen molar-refractivity contribution in [3.8, 4) is 11.8 Å². The Bertz CT molecular complexity index is 423. The molecule has 1 aromatic carbocycles. The summed E-state index contributed by atoms with van der Waals surface area (Å²) in [6.45, 7) is 0. The molecule has 1 rings (SSSR count). The van der Waals surface area contributed by atoms with Gasteiger partial charge in [0.25, 0.3) is 0 Å². The molecule has 0 saturated heterocycles. The Morgan fingerprint density at radius 3 is 2.71 bits per heavy atom. The molecule has 0 aliphatic carbocycles. The van der Waals surface area contributed by atoms with Crippen LogP contribution in [0.2, 0.25) is 0 Å². The Morgan fingerprint density at radius 2 is 2.29 bits per heavy atom. The maximum Gasteiger partial charge on any atom is 0.338 e. The lowest BCUT2D eigenvalue weighted by molar-refractivity contribution is 0.0691. The third-order valence-electron chi connectivity index (χ3n) is 1.64. The maximum atomic E-state index is 13.0. The number of hydrogen-bond acceptors (Lipinski definition) is 3. The molecule has 0 amide bonds. The predicted molar refractivity (Wildman–Crippen MR) is 44.6 cm³/mol. The second kappa shape index (κ2) is 3.75. The monoisotopic (exact) mass is 195 g/mol. The van der Waals surface area contributed by atoms with Gasteiger partial charge in [-0.1, -0.05) is 0 Å². The molecule has 0 aromatic heterocycles. The Kier molecular flexibility index (Phi) is 2.67. The molecule has 72 valence electrons. The highest BCUT2D eigenvalue weighted by Gasteiger charge is 2.15. The van der Waals surface area contributed by atoms with E-state index in [1.165, 1.54) is 7.11 Å². The van der Waals surface area contributed by atoms with Crippen LogP contribution in [-0.2, 0) is 0 Å². The van der Waals surface area contributed by atoms with Crippen LogP contribution in [0.25, 0.3) is 0 Å². The molecule has 14 heavy (non-hydrogen) atoms. The van der Waals surface area contributed by atoms with Crippen molar-refractivity contribution in [1.29, 1.82) is 5.26 Å². The average molecular weight is 195 g/mol. The van der Waals surface area contributed by atoms with Gasteiger partial charge < -0.3 is 9.84 Å². The number of halogens is 1. The average Bonchev–Trinajstić information content (AvgIpc) is 2.16. The van der Waals surface area contributed by atoms with Crippen molar-refractivity contribution >= 4 is 5.97 Å². The maximum absolute atomic E-state index is 13.0. The fourth-order valence-corrected chi connectivity index (χ4v) is 0.974. The van der Waals surface area contributed by atoms with Gasteiger partial charge in [0.05, 0.1) is 18.2 Å². The molecule has 0 aliphatic rings. The first-order chi connectivity index (χ1) is 6.60. The van der Waals surface area contributed by atoms with E-state index in [1.807, 2.05) is 0 Å². The lowest BCUT2D eigenvalue weighted by Gasteiger charge is -2.04. The Balaban J connectivity index is 3.39. The molecule has 0 bridgehead atoms. The van der Waals surface area contributed by atoms with Crippen LogP contribution in [0.15, 0.2) is 12.1 Å². The summed E-state index contributed by atoms with van der Waals surface area (Å²) in [5.74, 6) is -2.30. The normalized spacial score (nSPS) is 9.21. The fraction of sp³-hybridized carbons (Fsp3) is 0.111. The molecule has 1 aromatic rings. The molecule has 0 aliphatic heterocycles. The zero-order chi connectivity index (χ0) is 10.7. The third kappa shape index (κ3) is 1.64. The summed E-state index contributed by atoms with van der Waals surface area (Å²) in [5, 5.41) is 17.1. The molecule has 5 heteroatoms. The van der Waals surface area contributed by atoms with Gasteiger partial charge in [-0.05, 0) is 12.1 Å². The van der Waals surface area contributed by atoms with Crippen LogP contribution >= 0.6 is 0 Å². The van der Waals surface area contributed by atoms with Crippen molar-refractivity contribution in [2.24, 2.45) is 0 Å². The van der Waals surface area contributed by atoms with Gasteiger partial charge in [-0.15, -0.1) is 0 Å². The highest BCUT2D eigenvalue weighted by Crippen LogP contribution is 2.22. The lowest BCUT2D eigenvalue weighted by Crippen LogP contribution is -2.02. The first-order valence-electron chi connectivity index (χ1n) is 3.61. The number of nitrogens with zero attached hydrogens (tertiary/aromatic N) is 1. The van der Waals surface area contributed by atoms with E-state index >= 15 is 0 Å². The number of benzene rings is 1. The number of rotatable bonds is 2. The zero-order valence-corrected chi connectivity index (χ0v) is 7.24. The molecular weight excluding hydrogens is 189 g/mol. The van der Waals surface area contributed by atoms with Gasteiger partial charge in [-0.2, -0.15) is 5.26 Å². The minimum absolute atomic E-state index is 0.0324. The molecule has 0 heterocycles. The van der Waals surface area contributed by atoms with E-state index in [-0.39, 0.29) is 11.3 Å². The minimum Gasteiger partial charge on any atom is -0.495 e. The van der Waals surface area contributed by atoms with Crippen molar-refractivity contribution in [1.82, 2.24) is 0 Å². The summed E-state index contributed by atoms with van der Waals surface area (Å²) in [5.41, 5.74) is -0.546. The molecule has 4 nitrogen and oxygen atoms in total. The van der Waals surface area contributed by atoms with Gasteiger partial charge >= 0.3 is 5.97 Å². The summed E-state index contributed by atoms with van der Waals surface area (Å²) in [7, 11) is 1.28.